The number of hydrogen-bond donors (Lipinski definition) is 1. The van der Waals surface area contributed by atoms with Crippen LogP contribution in [0.2, 0.25) is 0 Å². The molecule has 0 bridgehead atoms. The predicted octanol–water partition coefficient (Wildman–Crippen LogP) is 3.28. The fraction of sp³-hybridized carbons (Fsp3) is 0.435. The summed E-state index contributed by atoms with van der Waals surface area (Å²) in [4.78, 5) is 15.0. The second kappa shape index (κ2) is 7.10. The SMILES string of the molecule is CS(=O)(=O)NC12CCC1CN(C(=O)C1CC1c1ccccc1-c1c(F)cccc1F)C2. The summed E-state index contributed by atoms with van der Waals surface area (Å²) >= 11 is 0. The van der Waals surface area contributed by atoms with Crippen molar-refractivity contribution in [2.24, 2.45) is 11.8 Å². The van der Waals surface area contributed by atoms with E-state index in [1.807, 2.05) is 12.1 Å². The Balaban J connectivity index is 1.36. The van der Waals surface area contributed by atoms with Gasteiger partial charge in [0.1, 0.15) is 11.6 Å². The van der Waals surface area contributed by atoms with Crippen LogP contribution in [0.25, 0.3) is 11.1 Å². The molecule has 4 atom stereocenters. The van der Waals surface area contributed by atoms with E-state index in [0.717, 1.165) is 24.7 Å². The molecule has 1 heterocycles. The van der Waals surface area contributed by atoms with E-state index in [4.69, 9.17) is 0 Å². The van der Waals surface area contributed by atoms with Crippen LogP contribution in [0.3, 0.4) is 0 Å². The van der Waals surface area contributed by atoms with Gasteiger partial charge in [0.15, 0.2) is 0 Å². The highest BCUT2D eigenvalue weighted by Gasteiger charge is 2.57. The van der Waals surface area contributed by atoms with E-state index in [-0.39, 0.29) is 29.2 Å². The number of amides is 1. The van der Waals surface area contributed by atoms with E-state index in [0.29, 0.717) is 25.1 Å². The molecule has 1 saturated heterocycles. The largest absolute Gasteiger partial charge is 0.340 e. The number of rotatable bonds is 5. The Labute approximate surface area is 180 Å². The minimum Gasteiger partial charge on any atom is -0.340 e. The van der Waals surface area contributed by atoms with Crippen LogP contribution in [0.15, 0.2) is 42.5 Å². The number of sulfonamides is 1. The van der Waals surface area contributed by atoms with Gasteiger partial charge in [0.05, 0.1) is 17.4 Å². The van der Waals surface area contributed by atoms with E-state index in [9.17, 15) is 22.0 Å². The van der Waals surface area contributed by atoms with Crippen molar-refractivity contribution in [3.05, 3.63) is 59.7 Å². The highest BCUT2D eigenvalue weighted by molar-refractivity contribution is 7.88. The van der Waals surface area contributed by atoms with Crippen LogP contribution in [0.4, 0.5) is 8.78 Å². The van der Waals surface area contributed by atoms with Crippen molar-refractivity contribution in [3.8, 4) is 11.1 Å². The first kappa shape index (κ1) is 20.6. The van der Waals surface area contributed by atoms with Gasteiger partial charge in [0, 0.05) is 19.0 Å². The number of fused-ring (bicyclic) bond motifs is 1. The lowest BCUT2D eigenvalue weighted by Crippen LogP contribution is -2.59. The first-order chi connectivity index (χ1) is 14.7. The summed E-state index contributed by atoms with van der Waals surface area (Å²) < 4.78 is 55.1. The molecule has 0 radical (unpaired) electrons. The summed E-state index contributed by atoms with van der Waals surface area (Å²) in [6, 6.07) is 10.9. The van der Waals surface area contributed by atoms with Crippen LogP contribution in [0.1, 0.15) is 30.7 Å². The van der Waals surface area contributed by atoms with E-state index in [1.54, 1.807) is 17.0 Å². The zero-order chi connectivity index (χ0) is 22.0. The summed E-state index contributed by atoms with van der Waals surface area (Å²) in [7, 11) is -3.36. The Morgan fingerprint density at radius 2 is 1.84 bits per heavy atom. The summed E-state index contributed by atoms with van der Waals surface area (Å²) in [6.45, 7) is 0.935. The molecule has 5 nitrogen and oxygen atoms in total. The number of nitrogens with zero attached hydrogens (tertiary/aromatic N) is 1. The molecule has 2 aromatic rings. The summed E-state index contributed by atoms with van der Waals surface area (Å²) in [6.07, 6.45) is 3.41. The van der Waals surface area contributed by atoms with Crippen LogP contribution in [0.5, 0.6) is 0 Å². The molecule has 2 aliphatic carbocycles. The average Bonchev–Trinajstić information content (AvgIpc) is 3.44. The van der Waals surface area contributed by atoms with Crippen LogP contribution in [0, 0.1) is 23.5 Å². The van der Waals surface area contributed by atoms with Gasteiger partial charge in [-0.3, -0.25) is 4.79 Å². The van der Waals surface area contributed by atoms with Gasteiger partial charge in [-0.2, -0.15) is 0 Å². The van der Waals surface area contributed by atoms with Gasteiger partial charge in [-0.05, 0) is 54.4 Å². The van der Waals surface area contributed by atoms with Gasteiger partial charge in [-0.15, -0.1) is 0 Å². The van der Waals surface area contributed by atoms with Crippen molar-refractivity contribution in [2.75, 3.05) is 19.3 Å². The van der Waals surface area contributed by atoms with E-state index < -0.39 is 27.2 Å². The number of nitrogens with one attached hydrogen (secondary N) is 1. The highest BCUT2D eigenvalue weighted by atomic mass is 32.2. The second-order valence-electron chi connectivity index (χ2n) is 9.12. The Bertz CT molecular complexity index is 1150. The van der Waals surface area contributed by atoms with Crippen molar-refractivity contribution in [1.29, 1.82) is 0 Å². The van der Waals surface area contributed by atoms with Gasteiger partial charge in [0.25, 0.3) is 0 Å². The molecule has 1 N–H and O–H groups in total. The van der Waals surface area contributed by atoms with Crippen LogP contribution < -0.4 is 4.72 Å². The van der Waals surface area contributed by atoms with Crippen LogP contribution >= 0.6 is 0 Å². The van der Waals surface area contributed by atoms with Crippen molar-refractivity contribution in [2.45, 2.75) is 30.7 Å². The van der Waals surface area contributed by atoms with Crippen molar-refractivity contribution < 1.29 is 22.0 Å². The molecule has 8 heteroatoms. The Hall–Kier alpha value is -2.32. The van der Waals surface area contributed by atoms with Crippen LogP contribution in [-0.2, 0) is 14.8 Å². The third kappa shape index (κ3) is 3.55. The van der Waals surface area contributed by atoms with Gasteiger partial charge >= 0.3 is 0 Å². The molecule has 3 aliphatic rings. The van der Waals surface area contributed by atoms with E-state index >= 15 is 0 Å². The zero-order valence-corrected chi connectivity index (χ0v) is 18.0. The molecule has 3 fully saturated rings. The fourth-order valence-corrected chi connectivity index (χ4v) is 6.47. The van der Waals surface area contributed by atoms with E-state index in [1.165, 1.54) is 18.2 Å². The lowest BCUT2D eigenvalue weighted by molar-refractivity contribution is -0.131. The number of likely N-dealkylation sites (tertiary alicyclic amines) is 1. The standard InChI is InChI=1S/C23H24F2N2O3S/c1-31(29,30)26-23-10-9-14(23)12-27(13-23)22(28)18-11-17(18)15-5-2-3-6-16(15)21-19(24)7-4-8-20(21)25/h2-8,14,17-18,26H,9-13H2,1H3. The quantitative estimate of drug-likeness (QED) is 0.767. The van der Waals surface area contributed by atoms with Crippen molar-refractivity contribution >= 4 is 15.9 Å². The van der Waals surface area contributed by atoms with Crippen molar-refractivity contribution in [1.82, 2.24) is 9.62 Å². The molecule has 1 aliphatic heterocycles. The summed E-state index contributed by atoms with van der Waals surface area (Å²) in [5.41, 5.74) is 0.653. The van der Waals surface area contributed by atoms with Gasteiger partial charge in [-0.25, -0.2) is 21.9 Å². The molecule has 2 saturated carbocycles. The number of carbonyl (C=O) groups is 1. The Kier molecular flexibility index (Phi) is 4.71. The molecule has 2 aromatic carbocycles. The topological polar surface area (TPSA) is 66.5 Å². The summed E-state index contributed by atoms with van der Waals surface area (Å²) in [5, 5.41) is 0. The Morgan fingerprint density at radius 1 is 1.13 bits per heavy atom. The molecule has 1 amide bonds. The summed E-state index contributed by atoms with van der Waals surface area (Å²) in [5.74, 6) is -1.45. The molecule has 0 aromatic heterocycles. The van der Waals surface area contributed by atoms with Crippen LogP contribution in [-0.4, -0.2) is 44.1 Å². The lowest BCUT2D eigenvalue weighted by Gasteiger charge is -2.43. The highest BCUT2D eigenvalue weighted by Crippen LogP contribution is 2.53. The Morgan fingerprint density at radius 3 is 2.48 bits per heavy atom. The van der Waals surface area contributed by atoms with Gasteiger partial charge < -0.3 is 4.90 Å². The maximum atomic E-state index is 14.4. The number of benzene rings is 2. The number of hydrogen-bond acceptors (Lipinski definition) is 3. The first-order valence-corrected chi connectivity index (χ1v) is 12.4. The third-order valence-electron chi connectivity index (χ3n) is 7.03. The lowest BCUT2D eigenvalue weighted by atomic mass is 9.70. The molecular formula is C23H24F2N2O3S. The first-order valence-electron chi connectivity index (χ1n) is 10.5. The van der Waals surface area contributed by atoms with Crippen molar-refractivity contribution in [3.63, 3.8) is 0 Å². The van der Waals surface area contributed by atoms with Gasteiger partial charge in [0.2, 0.25) is 15.9 Å². The molecular weight excluding hydrogens is 422 g/mol. The fourth-order valence-electron chi connectivity index (χ4n) is 5.40. The normalized spacial score (nSPS) is 29.4. The predicted molar refractivity (Wildman–Crippen MR) is 113 cm³/mol. The molecule has 31 heavy (non-hydrogen) atoms. The average molecular weight is 447 g/mol. The zero-order valence-electron chi connectivity index (χ0n) is 17.1. The van der Waals surface area contributed by atoms with E-state index in [2.05, 4.69) is 4.72 Å². The number of halogens is 2. The molecule has 4 unspecified atom stereocenters. The molecule has 164 valence electrons. The second-order valence-corrected chi connectivity index (χ2v) is 10.9. The maximum Gasteiger partial charge on any atom is 0.226 e. The van der Waals surface area contributed by atoms with Gasteiger partial charge in [-0.1, -0.05) is 30.3 Å². The molecule has 0 spiro atoms. The number of carbonyl (C=O) groups excluding carboxylic acids is 1. The smallest absolute Gasteiger partial charge is 0.226 e. The molecule has 5 rings (SSSR count). The minimum atomic E-state index is -3.36. The monoisotopic (exact) mass is 446 g/mol. The minimum absolute atomic E-state index is 0.00196. The maximum absolute atomic E-state index is 14.4. The third-order valence-corrected chi connectivity index (χ3v) is 7.81.